The molecule has 0 atom stereocenters. The Bertz CT molecular complexity index is 408. The maximum absolute atomic E-state index is 11.0. The van der Waals surface area contributed by atoms with Crippen LogP contribution in [0.2, 0.25) is 0 Å². The van der Waals surface area contributed by atoms with Gasteiger partial charge in [-0.05, 0) is 17.7 Å². The van der Waals surface area contributed by atoms with Gasteiger partial charge in [0.05, 0.1) is 11.5 Å². The summed E-state index contributed by atoms with van der Waals surface area (Å²) < 4.78 is 0.986. The van der Waals surface area contributed by atoms with Gasteiger partial charge >= 0.3 is 0 Å². The molecule has 0 bridgehead atoms. The van der Waals surface area contributed by atoms with Crippen LogP contribution in [0.4, 0.5) is 0 Å². The van der Waals surface area contributed by atoms with E-state index in [4.69, 9.17) is 5.26 Å². The highest BCUT2D eigenvalue weighted by Crippen LogP contribution is 2.40. The zero-order chi connectivity index (χ0) is 10.2. The quantitative estimate of drug-likeness (QED) is 0.768. The second-order valence-electron chi connectivity index (χ2n) is 3.59. The first kappa shape index (κ1) is 9.42. The minimum absolute atomic E-state index is 0.175. The Balaban J connectivity index is 2.35. The molecule has 14 heavy (non-hydrogen) atoms. The molecular formula is C11H8BrNO. The van der Waals surface area contributed by atoms with Crippen molar-refractivity contribution in [1.82, 2.24) is 0 Å². The van der Waals surface area contributed by atoms with Gasteiger partial charge in [0.2, 0.25) is 0 Å². The Morgan fingerprint density at radius 1 is 1.29 bits per heavy atom. The second kappa shape index (κ2) is 3.21. The number of nitriles is 1. The molecule has 0 unspecified atom stereocenters. The average Bonchev–Trinajstić information content (AvgIpc) is 2.14. The van der Waals surface area contributed by atoms with Crippen LogP contribution in [-0.4, -0.2) is 5.78 Å². The van der Waals surface area contributed by atoms with E-state index >= 15 is 0 Å². The zero-order valence-corrected chi connectivity index (χ0v) is 9.04. The molecule has 3 heteroatoms. The van der Waals surface area contributed by atoms with E-state index in [1.165, 1.54) is 0 Å². The lowest BCUT2D eigenvalue weighted by molar-refractivity contribution is -0.126. The van der Waals surface area contributed by atoms with Gasteiger partial charge < -0.3 is 0 Å². The van der Waals surface area contributed by atoms with Crippen LogP contribution in [-0.2, 0) is 10.2 Å². The predicted molar refractivity (Wildman–Crippen MR) is 55.7 cm³/mol. The van der Waals surface area contributed by atoms with E-state index in [9.17, 15) is 4.79 Å². The summed E-state index contributed by atoms with van der Waals surface area (Å²) in [6.07, 6.45) is 0.732. The van der Waals surface area contributed by atoms with Crippen LogP contribution in [0.1, 0.15) is 18.4 Å². The lowest BCUT2D eigenvalue weighted by Crippen LogP contribution is -2.40. The van der Waals surface area contributed by atoms with Crippen LogP contribution in [0, 0.1) is 11.3 Å². The number of carbonyl (C=O) groups is 1. The molecule has 2 rings (SSSR count). The topological polar surface area (TPSA) is 40.9 Å². The number of ketones is 1. The fraction of sp³-hybridized carbons (Fsp3) is 0.273. The lowest BCUT2D eigenvalue weighted by atomic mass is 9.65. The highest BCUT2D eigenvalue weighted by molar-refractivity contribution is 9.10. The minimum Gasteiger partial charge on any atom is -0.300 e. The molecule has 0 amide bonds. The van der Waals surface area contributed by atoms with Crippen LogP contribution < -0.4 is 0 Å². The normalized spacial score (nSPS) is 18.4. The number of benzene rings is 1. The van der Waals surface area contributed by atoms with Gasteiger partial charge in [0.25, 0.3) is 0 Å². The number of hydrogen-bond acceptors (Lipinski definition) is 2. The molecule has 1 aliphatic rings. The Hall–Kier alpha value is -1.14. The van der Waals surface area contributed by atoms with E-state index in [-0.39, 0.29) is 5.78 Å². The average molecular weight is 250 g/mol. The molecule has 0 spiro atoms. The second-order valence-corrected chi connectivity index (χ2v) is 4.51. The molecule has 2 nitrogen and oxygen atoms in total. The standard InChI is InChI=1S/C11H8BrNO/c12-9-3-1-8(2-4-9)11(7-13)5-10(14)6-11/h1-4H,5-6H2. The van der Waals surface area contributed by atoms with E-state index in [0.29, 0.717) is 12.8 Å². The van der Waals surface area contributed by atoms with Gasteiger partial charge in [-0.15, -0.1) is 0 Å². The van der Waals surface area contributed by atoms with E-state index in [0.717, 1.165) is 10.0 Å². The number of nitrogens with zero attached hydrogens (tertiary/aromatic N) is 1. The van der Waals surface area contributed by atoms with Gasteiger partial charge in [0.15, 0.2) is 0 Å². The van der Waals surface area contributed by atoms with Crippen LogP contribution in [0.25, 0.3) is 0 Å². The van der Waals surface area contributed by atoms with Crippen LogP contribution in [0.3, 0.4) is 0 Å². The molecule has 1 aromatic rings. The molecule has 0 N–H and O–H groups in total. The number of halogens is 1. The molecular weight excluding hydrogens is 242 g/mol. The Morgan fingerprint density at radius 3 is 2.29 bits per heavy atom. The van der Waals surface area contributed by atoms with Gasteiger partial charge in [-0.2, -0.15) is 5.26 Å². The molecule has 1 saturated carbocycles. The SMILES string of the molecule is N#CC1(c2ccc(Br)cc2)CC(=O)C1. The molecule has 1 fully saturated rings. The predicted octanol–water partition coefficient (Wildman–Crippen LogP) is 2.57. The van der Waals surface area contributed by atoms with Crippen molar-refractivity contribution in [2.24, 2.45) is 0 Å². The maximum atomic E-state index is 11.0. The summed E-state index contributed by atoms with van der Waals surface area (Å²) in [4.78, 5) is 11.0. The number of Topliss-reactive ketones (excluding diaryl/α,β-unsaturated/α-hetero) is 1. The molecule has 0 heterocycles. The van der Waals surface area contributed by atoms with Crippen molar-refractivity contribution < 1.29 is 4.79 Å². The summed E-state index contributed by atoms with van der Waals surface area (Å²) in [5.41, 5.74) is 0.403. The Kier molecular flexibility index (Phi) is 2.16. The molecule has 0 aromatic heterocycles. The van der Waals surface area contributed by atoms with Gasteiger partial charge in [0.1, 0.15) is 5.78 Å². The molecule has 1 aliphatic carbocycles. The third kappa shape index (κ3) is 1.36. The van der Waals surface area contributed by atoms with Gasteiger partial charge in [-0.1, -0.05) is 28.1 Å². The van der Waals surface area contributed by atoms with Crippen molar-refractivity contribution in [2.45, 2.75) is 18.3 Å². The molecule has 0 aliphatic heterocycles. The van der Waals surface area contributed by atoms with Gasteiger partial charge in [-0.25, -0.2) is 0 Å². The summed E-state index contributed by atoms with van der Waals surface area (Å²) in [7, 11) is 0. The van der Waals surface area contributed by atoms with Gasteiger partial charge in [-0.3, -0.25) is 4.79 Å². The van der Waals surface area contributed by atoms with E-state index in [1.807, 2.05) is 24.3 Å². The lowest BCUT2D eigenvalue weighted by Gasteiger charge is -2.34. The van der Waals surface area contributed by atoms with Crippen molar-refractivity contribution in [3.8, 4) is 6.07 Å². The summed E-state index contributed by atoms with van der Waals surface area (Å²) in [5, 5.41) is 9.06. The summed E-state index contributed by atoms with van der Waals surface area (Å²) >= 11 is 3.34. The summed E-state index contributed by atoms with van der Waals surface area (Å²) in [6, 6.07) is 9.85. The summed E-state index contributed by atoms with van der Waals surface area (Å²) in [5.74, 6) is 0.175. The molecule has 0 saturated heterocycles. The first-order chi connectivity index (χ1) is 6.66. The van der Waals surface area contributed by atoms with Crippen molar-refractivity contribution in [3.63, 3.8) is 0 Å². The third-order valence-electron chi connectivity index (χ3n) is 2.61. The molecule has 70 valence electrons. The summed E-state index contributed by atoms with van der Waals surface area (Å²) in [6.45, 7) is 0. The fourth-order valence-electron chi connectivity index (χ4n) is 1.74. The van der Waals surface area contributed by atoms with Crippen molar-refractivity contribution >= 4 is 21.7 Å². The Labute approximate surface area is 90.7 Å². The van der Waals surface area contributed by atoms with Crippen LogP contribution in [0.5, 0.6) is 0 Å². The fourth-order valence-corrected chi connectivity index (χ4v) is 2.00. The van der Waals surface area contributed by atoms with Crippen LogP contribution >= 0.6 is 15.9 Å². The van der Waals surface area contributed by atoms with Crippen molar-refractivity contribution in [2.75, 3.05) is 0 Å². The van der Waals surface area contributed by atoms with Gasteiger partial charge in [0, 0.05) is 17.3 Å². The number of rotatable bonds is 1. The Morgan fingerprint density at radius 2 is 1.86 bits per heavy atom. The number of carbonyl (C=O) groups excluding carboxylic acids is 1. The highest BCUT2D eigenvalue weighted by Gasteiger charge is 2.45. The molecule has 0 radical (unpaired) electrons. The van der Waals surface area contributed by atoms with Crippen molar-refractivity contribution in [1.29, 1.82) is 5.26 Å². The van der Waals surface area contributed by atoms with E-state index in [2.05, 4.69) is 22.0 Å². The maximum Gasteiger partial charge on any atom is 0.136 e. The monoisotopic (exact) mass is 249 g/mol. The third-order valence-corrected chi connectivity index (χ3v) is 3.14. The smallest absolute Gasteiger partial charge is 0.136 e. The first-order valence-corrected chi connectivity index (χ1v) is 5.15. The van der Waals surface area contributed by atoms with Crippen LogP contribution in [0.15, 0.2) is 28.7 Å². The van der Waals surface area contributed by atoms with Crippen molar-refractivity contribution in [3.05, 3.63) is 34.3 Å². The van der Waals surface area contributed by atoms with E-state index < -0.39 is 5.41 Å². The molecule has 1 aromatic carbocycles. The first-order valence-electron chi connectivity index (χ1n) is 4.35. The highest BCUT2D eigenvalue weighted by atomic mass is 79.9. The largest absolute Gasteiger partial charge is 0.300 e. The minimum atomic E-state index is -0.544. The van der Waals surface area contributed by atoms with E-state index in [1.54, 1.807) is 0 Å². The number of hydrogen-bond donors (Lipinski definition) is 0. The zero-order valence-electron chi connectivity index (χ0n) is 7.46.